The van der Waals surface area contributed by atoms with Gasteiger partial charge in [0.1, 0.15) is 29.5 Å². The molecule has 0 unspecified atom stereocenters. The maximum absolute atomic E-state index is 14.8. The second-order valence-electron chi connectivity index (χ2n) is 11.1. The fourth-order valence-corrected chi connectivity index (χ4v) is 5.22. The third kappa shape index (κ3) is 7.59. The van der Waals surface area contributed by atoms with Crippen LogP contribution in [0.4, 0.5) is 37.5 Å². The molecular formula is C34H37F2N7O3. The topological polar surface area (TPSA) is 95.1 Å². The van der Waals surface area contributed by atoms with Gasteiger partial charge < -0.3 is 25.2 Å². The lowest BCUT2D eigenvalue weighted by Crippen LogP contribution is -2.29. The molecule has 2 N–H and O–H groups in total. The van der Waals surface area contributed by atoms with Crippen LogP contribution in [0.25, 0.3) is 11.1 Å². The molecule has 1 aliphatic rings. The lowest BCUT2D eigenvalue weighted by molar-refractivity contribution is -0.111. The van der Waals surface area contributed by atoms with Crippen molar-refractivity contribution in [3.63, 3.8) is 0 Å². The Morgan fingerprint density at radius 3 is 2.59 bits per heavy atom. The molecule has 1 atom stereocenters. The number of hydrogen-bond donors (Lipinski definition) is 2. The monoisotopic (exact) mass is 629 g/mol. The summed E-state index contributed by atoms with van der Waals surface area (Å²) < 4.78 is 34.5. The lowest BCUT2D eigenvalue weighted by atomic mass is 9.97. The summed E-state index contributed by atoms with van der Waals surface area (Å²) in [6.07, 6.45) is 3.20. The van der Waals surface area contributed by atoms with Crippen LogP contribution in [-0.2, 0) is 9.63 Å². The maximum Gasteiger partial charge on any atom is 0.247 e. The van der Waals surface area contributed by atoms with Crippen LogP contribution in [0.3, 0.4) is 0 Å². The van der Waals surface area contributed by atoms with E-state index in [4.69, 9.17) is 9.57 Å². The molecule has 1 aliphatic heterocycles. The molecule has 0 radical (unpaired) electrons. The zero-order chi connectivity index (χ0) is 32.8. The number of anilines is 5. The van der Waals surface area contributed by atoms with Gasteiger partial charge in [-0.2, -0.15) is 0 Å². The Kier molecular flexibility index (Phi) is 10.1. The summed E-state index contributed by atoms with van der Waals surface area (Å²) in [5.41, 5.74) is 3.69. The van der Waals surface area contributed by atoms with Gasteiger partial charge in [-0.25, -0.2) is 23.8 Å². The Bertz CT molecular complexity index is 1720. The van der Waals surface area contributed by atoms with Gasteiger partial charge in [0.15, 0.2) is 5.82 Å². The first-order chi connectivity index (χ1) is 22.1. The van der Waals surface area contributed by atoms with E-state index >= 15 is 0 Å². The Morgan fingerprint density at radius 2 is 1.85 bits per heavy atom. The number of methoxy groups -OCH3 is 1. The molecule has 0 bridgehead atoms. The summed E-state index contributed by atoms with van der Waals surface area (Å²) in [7, 11) is 7.50. The summed E-state index contributed by atoms with van der Waals surface area (Å²) in [5.74, 6) is 0.243. The first-order valence-corrected chi connectivity index (χ1v) is 14.7. The van der Waals surface area contributed by atoms with Crippen LogP contribution in [0.5, 0.6) is 5.75 Å². The number of amides is 1. The minimum atomic E-state index is -0.434. The fraction of sp³-hybridized carbons (Fsp3) is 0.265. The van der Waals surface area contributed by atoms with Gasteiger partial charge in [0.05, 0.1) is 36.8 Å². The fourth-order valence-electron chi connectivity index (χ4n) is 5.22. The number of halogens is 2. The molecule has 12 heteroatoms. The van der Waals surface area contributed by atoms with Crippen molar-refractivity contribution in [1.29, 1.82) is 0 Å². The molecular weight excluding hydrogens is 592 g/mol. The van der Waals surface area contributed by atoms with Gasteiger partial charge in [0.2, 0.25) is 5.91 Å². The van der Waals surface area contributed by atoms with E-state index in [2.05, 4.69) is 32.1 Å². The van der Waals surface area contributed by atoms with Crippen molar-refractivity contribution in [3.05, 3.63) is 96.8 Å². The van der Waals surface area contributed by atoms with Crippen molar-refractivity contribution in [2.45, 2.75) is 12.5 Å². The molecule has 1 aromatic heterocycles. The number of carbonyl (C=O) groups is 1. The average Bonchev–Trinajstić information content (AvgIpc) is 3.54. The van der Waals surface area contributed by atoms with Gasteiger partial charge in [0.25, 0.3) is 0 Å². The molecule has 10 nitrogen and oxygen atoms in total. The molecule has 3 aromatic carbocycles. The van der Waals surface area contributed by atoms with E-state index < -0.39 is 11.6 Å². The molecule has 240 valence electrons. The van der Waals surface area contributed by atoms with E-state index in [0.29, 0.717) is 65.0 Å². The second kappa shape index (κ2) is 14.4. The van der Waals surface area contributed by atoms with Gasteiger partial charge in [-0.3, -0.25) is 9.63 Å². The van der Waals surface area contributed by atoms with E-state index in [-0.39, 0.29) is 11.9 Å². The average molecular weight is 630 g/mol. The van der Waals surface area contributed by atoms with Crippen LogP contribution in [0.1, 0.15) is 18.0 Å². The van der Waals surface area contributed by atoms with Gasteiger partial charge in [-0.1, -0.05) is 18.7 Å². The van der Waals surface area contributed by atoms with Crippen LogP contribution >= 0.6 is 0 Å². The smallest absolute Gasteiger partial charge is 0.247 e. The summed E-state index contributed by atoms with van der Waals surface area (Å²) in [5, 5.41) is 7.80. The first kappa shape index (κ1) is 32.3. The standard InChI is InChI=1S/C34H37F2N7O3/c1-6-34(44)40-27-18-28(31(45-5)19-30(27)42(4)12-11-41(2)3)39-32-20-33(38-21-37-32)43-29(10-13-46-43)24-14-23(16-26(36)17-24)22-8-7-9-25(35)15-22/h6-9,14-21,29H,1,10-13H2,2-5H3,(H,40,44)(H,37,38,39)/t29-/m1/s1. The highest BCUT2D eigenvalue weighted by Crippen LogP contribution is 2.40. The predicted octanol–water partition coefficient (Wildman–Crippen LogP) is 6.18. The Labute approximate surface area is 267 Å². The second-order valence-corrected chi connectivity index (χ2v) is 11.1. The van der Waals surface area contributed by atoms with Crippen molar-refractivity contribution >= 4 is 34.6 Å². The highest BCUT2D eigenvalue weighted by molar-refractivity contribution is 6.02. The Morgan fingerprint density at radius 1 is 1.04 bits per heavy atom. The van der Waals surface area contributed by atoms with Gasteiger partial charge in [-0.15, -0.1) is 0 Å². The number of nitrogens with one attached hydrogen (secondary N) is 2. The van der Waals surface area contributed by atoms with Crippen molar-refractivity contribution in [2.75, 3.05) is 68.5 Å². The lowest BCUT2D eigenvalue weighted by Gasteiger charge is -2.26. The van der Waals surface area contributed by atoms with Crippen molar-refractivity contribution in [3.8, 4) is 16.9 Å². The van der Waals surface area contributed by atoms with Gasteiger partial charge in [0, 0.05) is 38.7 Å². The van der Waals surface area contributed by atoms with Crippen LogP contribution in [0, 0.1) is 11.6 Å². The highest BCUT2D eigenvalue weighted by atomic mass is 19.1. The van der Waals surface area contributed by atoms with Crippen LogP contribution in [0.2, 0.25) is 0 Å². The molecule has 1 fully saturated rings. The third-order valence-electron chi connectivity index (χ3n) is 7.56. The number of hydrogen-bond acceptors (Lipinski definition) is 9. The maximum atomic E-state index is 14.8. The molecule has 5 rings (SSSR count). The van der Waals surface area contributed by atoms with Crippen molar-refractivity contribution < 1.29 is 23.1 Å². The number of aromatic nitrogens is 2. The number of likely N-dealkylation sites (N-methyl/N-ethyl adjacent to an activating group) is 2. The first-order valence-electron chi connectivity index (χ1n) is 14.7. The Balaban J connectivity index is 1.44. The van der Waals surface area contributed by atoms with Gasteiger partial charge in [-0.05, 0) is 73.3 Å². The minimum Gasteiger partial charge on any atom is -0.494 e. The molecule has 46 heavy (non-hydrogen) atoms. The summed E-state index contributed by atoms with van der Waals surface area (Å²) in [6, 6.07) is 15.7. The normalized spacial score (nSPS) is 14.3. The number of nitrogens with zero attached hydrogens (tertiary/aromatic N) is 5. The van der Waals surface area contributed by atoms with Crippen LogP contribution < -0.4 is 25.3 Å². The number of hydroxylamine groups is 1. The van der Waals surface area contributed by atoms with Gasteiger partial charge >= 0.3 is 0 Å². The number of ether oxygens (including phenoxy) is 1. The summed E-state index contributed by atoms with van der Waals surface area (Å²) >= 11 is 0. The molecule has 0 aliphatic carbocycles. The Hall–Kier alpha value is -5.07. The zero-order valence-corrected chi connectivity index (χ0v) is 26.3. The number of carbonyl (C=O) groups excluding carboxylic acids is 1. The SMILES string of the molecule is C=CC(=O)Nc1cc(Nc2cc(N3OCC[C@@H]3c3cc(F)cc(-c4cccc(F)c4)c3)ncn2)c(OC)cc1N(C)CCN(C)C. The molecule has 4 aromatic rings. The van der Waals surface area contributed by atoms with E-state index in [0.717, 1.165) is 12.2 Å². The van der Waals surface area contributed by atoms with Crippen molar-refractivity contribution in [1.82, 2.24) is 14.9 Å². The highest BCUT2D eigenvalue weighted by Gasteiger charge is 2.30. The van der Waals surface area contributed by atoms with E-state index in [1.165, 1.54) is 36.7 Å². The minimum absolute atomic E-state index is 0.349. The van der Waals surface area contributed by atoms with Crippen molar-refractivity contribution in [2.24, 2.45) is 0 Å². The van der Waals surface area contributed by atoms with Crippen LogP contribution in [-0.4, -0.2) is 68.7 Å². The molecule has 2 heterocycles. The van der Waals surface area contributed by atoms with E-state index in [9.17, 15) is 13.6 Å². The number of benzene rings is 3. The number of rotatable bonds is 12. The predicted molar refractivity (Wildman–Crippen MR) is 177 cm³/mol. The summed E-state index contributed by atoms with van der Waals surface area (Å²) in [6.45, 7) is 5.49. The quantitative estimate of drug-likeness (QED) is 0.178. The van der Waals surface area contributed by atoms with E-state index in [1.807, 2.05) is 38.2 Å². The van der Waals surface area contributed by atoms with E-state index in [1.54, 1.807) is 36.4 Å². The molecule has 0 spiro atoms. The zero-order valence-electron chi connectivity index (χ0n) is 26.3. The van der Waals surface area contributed by atoms with Crippen LogP contribution in [0.15, 0.2) is 79.6 Å². The summed E-state index contributed by atoms with van der Waals surface area (Å²) in [4.78, 5) is 31.2. The third-order valence-corrected chi connectivity index (χ3v) is 7.56. The molecule has 1 amide bonds. The largest absolute Gasteiger partial charge is 0.494 e. The molecule has 1 saturated heterocycles. The molecule has 0 saturated carbocycles.